The second-order valence-corrected chi connectivity index (χ2v) is 12.2. The first-order chi connectivity index (χ1) is 17.4. The van der Waals surface area contributed by atoms with Crippen LogP contribution in [-0.2, 0) is 14.8 Å². The minimum absolute atomic E-state index is 0.129. The molecule has 0 unspecified atom stereocenters. The molecule has 0 spiro atoms. The summed E-state index contributed by atoms with van der Waals surface area (Å²) < 4.78 is 34.0. The second-order valence-electron chi connectivity index (χ2n) is 9.93. The fourth-order valence-electron chi connectivity index (χ4n) is 4.17. The SMILES string of the molecule is Cc1ccc(S(=O)(=O)n2cc(Cl)cc2-c2cc(C(=O)OC(C)(C)C)c3cc4ccccc4nc3c2)cc1. The summed E-state index contributed by atoms with van der Waals surface area (Å²) >= 11 is 6.33. The molecule has 0 aliphatic carbocycles. The van der Waals surface area contributed by atoms with Crippen LogP contribution in [0.15, 0.2) is 83.9 Å². The van der Waals surface area contributed by atoms with Gasteiger partial charge in [-0.25, -0.2) is 22.2 Å². The van der Waals surface area contributed by atoms with Gasteiger partial charge in [0.05, 0.1) is 32.2 Å². The molecule has 6 nitrogen and oxygen atoms in total. The molecular formula is C29H25ClN2O4S. The zero-order valence-corrected chi connectivity index (χ0v) is 22.4. The molecule has 188 valence electrons. The molecule has 8 heteroatoms. The number of carbonyl (C=O) groups excluding carboxylic acids is 1. The number of pyridine rings is 1. The van der Waals surface area contributed by atoms with Gasteiger partial charge in [0.25, 0.3) is 10.0 Å². The van der Waals surface area contributed by atoms with Crippen molar-refractivity contribution in [2.45, 2.75) is 38.2 Å². The smallest absolute Gasteiger partial charge is 0.339 e. The summed E-state index contributed by atoms with van der Waals surface area (Å²) in [5.74, 6) is -0.526. The van der Waals surface area contributed by atoms with Gasteiger partial charge in [0.15, 0.2) is 0 Å². The van der Waals surface area contributed by atoms with Gasteiger partial charge in [-0.1, -0.05) is 47.5 Å². The van der Waals surface area contributed by atoms with Gasteiger partial charge in [0, 0.05) is 22.5 Å². The van der Waals surface area contributed by atoms with E-state index >= 15 is 0 Å². The van der Waals surface area contributed by atoms with E-state index in [1.54, 1.807) is 63.2 Å². The summed E-state index contributed by atoms with van der Waals surface area (Å²) in [6.07, 6.45) is 1.36. The highest BCUT2D eigenvalue weighted by molar-refractivity contribution is 7.90. The van der Waals surface area contributed by atoms with Crippen molar-refractivity contribution >= 4 is 49.4 Å². The van der Waals surface area contributed by atoms with Crippen LogP contribution in [-0.4, -0.2) is 28.9 Å². The van der Waals surface area contributed by atoms with Crippen molar-refractivity contribution in [3.05, 3.63) is 95.1 Å². The lowest BCUT2D eigenvalue weighted by Gasteiger charge is -2.20. The molecule has 0 aliphatic rings. The monoisotopic (exact) mass is 532 g/mol. The molecule has 0 saturated heterocycles. The van der Waals surface area contributed by atoms with Crippen LogP contribution in [0, 0.1) is 6.92 Å². The van der Waals surface area contributed by atoms with Gasteiger partial charge >= 0.3 is 5.97 Å². The van der Waals surface area contributed by atoms with E-state index in [0.717, 1.165) is 20.4 Å². The summed E-state index contributed by atoms with van der Waals surface area (Å²) in [5, 5.41) is 1.74. The normalized spacial score (nSPS) is 12.2. The molecule has 0 fully saturated rings. The van der Waals surface area contributed by atoms with Gasteiger partial charge in [-0.05, 0) is 70.2 Å². The van der Waals surface area contributed by atoms with Crippen molar-refractivity contribution in [2.75, 3.05) is 0 Å². The number of fused-ring (bicyclic) bond motifs is 2. The largest absolute Gasteiger partial charge is 0.456 e. The van der Waals surface area contributed by atoms with Gasteiger partial charge in [0.1, 0.15) is 5.60 Å². The third-order valence-electron chi connectivity index (χ3n) is 5.88. The van der Waals surface area contributed by atoms with Crippen LogP contribution in [0.1, 0.15) is 36.7 Å². The highest BCUT2D eigenvalue weighted by Gasteiger charge is 2.25. The Hall–Kier alpha value is -3.68. The first kappa shape index (κ1) is 25.0. The van der Waals surface area contributed by atoms with Gasteiger partial charge < -0.3 is 4.74 Å². The lowest BCUT2D eigenvalue weighted by molar-refractivity contribution is 0.00718. The van der Waals surface area contributed by atoms with Crippen molar-refractivity contribution in [1.82, 2.24) is 8.96 Å². The second kappa shape index (κ2) is 9.01. The number of hydrogen-bond donors (Lipinski definition) is 0. The Morgan fingerprint density at radius 3 is 2.35 bits per heavy atom. The Labute approximate surface area is 220 Å². The van der Waals surface area contributed by atoms with Gasteiger partial charge in [-0.15, -0.1) is 0 Å². The van der Waals surface area contributed by atoms with Crippen LogP contribution >= 0.6 is 11.6 Å². The number of ether oxygens (including phenoxy) is 1. The summed E-state index contributed by atoms with van der Waals surface area (Å²) in [5.41, 5.74) is 2.58. The van der Waals surface area contributed by atoms with E-state index in [0.29, 0.717) is 22.2 Å². The summed E-state index contributed by atoms with van der Waals surface area (Å²) in [7, 11) is -3.97. The van der Waals surface area contributed by atoms with Crippen molar-refractivity contribution in [2.24, 2.45) is 0 Å². The summed E-state index contributed by atoms with van der Waals surface area (Å²) in [6.45, 7) is 7.27. The summed E-state index contributed by atoms with van der Waals surface area (Å²) in [4.78, 5) is 18.2. The average molecular weight is 533 g/mol. The number of aromatic nitrogens is 2. The molecule has 0 radical (unpaired) electrons. The maximum Gasteiger partial charge on any atom is 0.339 e. The lowest BCUT2D eigenvalue weighted by atomic mass is 10.0. The number of halogens is 1. The van der Waals surface area contributed by atoms with E-state index in [1.807, 2.05) is 37.3 Å². The third kappa shape index (κ3) is 4.84. The van der Waals surface area contributed by atoms with Crippen molar-refractivity contribution in [1.29, 1.82) is 0 Å². The maximum atomic E-state index is 13.6. The quantitative estimate of drug-likeness (QED) is 0.184. The standard InChI is InChI=1S/C29H25ClN2O4S/c1-18-9-11-22(12-10-18)37(34,35)32-17-21(30)16-27(32)20-14-24(28(33)36-29(2,3)4)23-13-19-7-5-6-8-25(19)31-26(23)15-20/h5-17H,1-4H3. The van der Waals surface area contributed by atoms with Crippen molar-refractivity contribution in [3.8, 4) is 11.3 Å². The molecule has 0 atom stereocenters. The van der Waals surface area contributed by atoms with Crippen molar-refractivity contribution in [3.63, 3.8) is 0 Å². The molecule has 0 saturated carbocycles. The number of hydrogen-bond acceptors (Lipinski definition) is 5. The fraction of sp³-hybridized carbons (Fsp3) is 0.172. The topological polar surface area (TPSA) is 78.3 Å². The third-order valence-corrected chi connectivity index (χ3v) is 7.78. The first-order valence-corrected chi connectivity index (χ1v) is 13.5. The molecule has 0 amide bonds. The Morgan fingerprint density at radius 2 is 1.65 bits per heavy atom. The van der Waals surface area contributed by atoms with Crippen LogP contribution < -0.4 is 0 Å². The Bertz CT molecular complexity index is 1780. The number of benzene rings is 3. The Balaban J connectivity index is 1.77. The zero-order valence-electron chi connectivity index (χ0n) is 20.8. The number of nitrogens with zero attached hydrogens (tertiary/aromatic N) is 2. The van der Waals surface area contributed by atoms with Gasteiger partial charge in [-0.3, -0.25) is 0 Å². The maximum absolute atomic E-state index is 13.6. The lowest BCUT2D eigenvalue weighted by Crippen LogP contribution is -2.24. The molecule has 0 aliphatic heterocycles. The van der Waals surface area contributed by atoms with Crippen LogP contribution in [0.3, 0.4) is 0 Å². The fourth-order valence-corrected chi connectivity index (χ4v) is 5.81. The Morgan fingerprint density at radius 1 is 0.946 bits per heavy atom. The van der Waals surface area contributed by atoms with Gasteiger partial charge in [-0.2, -0.15) is 0 Å². The number of esters is 1. The molecule has 0 N–H and O–H groups in total. The molecule has 5 aromatic rings. The average Bonchev–Trinajstić information content (AvgIpc) is 3.24. The van der Waals surface area contributed by atoms with E-state index in [-0.39, 0.29) is 15.5 Å². The van der Waals surface area contributed by atoms with E-state index < -0.39 is 21.6 Å². The predicted molar refractivity (Wildman–Crippen MR) is 147 cm³/mol. The zero-order chi connectivity index (χ0) is 26.5. The molecule has 3 aromatic carbocycles. The minimum Gasteiger partial charge on any atom is -0.456 e. The summed E-state index contributed by atoms with van der Waals surface area (Å²) in [6, 6.07) is 21.1. The van der Waals surface area contributed by atoms with Crippen LogP contribution in [0.25, 0.3) is 33.1 Å². The van der Waals surface area contributed by atoms with Crippen molar-refractivity contribution < 1.29 is 17.9 Å². The van der Waals surface area contributed by atoms with Crippen LogP contribution in [0.2, 0.25) is 5.02 Å². The highest BCUT2D eigenvalue weighted by atomic mass is 35.5. The molecule has 0 bridgehead atoms. The first-order valence-electron chi connectivity index (χ1n) is 11.7. The van der Waals surface area contributed by atoms with E-state index in [1.165, 1.54) is 6.20 Å². The van der Waals surface area contributed by atoms with E-state index in [9.17, 15) is 13.2 Å². The highest BCUT2D eigenvalue weighted by Crippen LogP contribution is 2.34. The molecule has 2 heterocycles. The molecule has 2 aromatic heterocycles. The number of para-hydroxylation sites is 1. The number of aryl methyl sites for hydroxylation is 1. The van der Waals surface area contributed by atoms with Gasteiger partial charge in [0.2, 0.25) is 0 Å². The van der Waals surface area contributed by atoms with Crippen LogP contribution in [0.5, 0.6) is 0 Å². The number of carbonyl (C=O) groups is 1. The van der Waals surface area contributed by atoms with Crippen LogP contribution in [0.4, 0.5) is 0 Å². The minimum atomic E-state index is -3.97. The van der Waals surface area contributed by atoms with E-state index in [4.69, 9.17) is 21.3 Å². The Kier molecular flexibility index (Phi) is 6.09. The number of rotatable bonds is 4. The molecule has 37 heavy (non-hydrogen) atoms. The molecule has 5 rings (SSSR count). The van der Waals surface area contributed by atoms with E-state index in [2.05, 4.69) is 0 Å². The molecular weight excluding hydrogens is 508 g/mol. The predicted octanol–water partition coefficient (Wildman–Crippen LogP) is 7.01.